The first-order chi connectivity index (χ1) is 9.52. The van der Waals surface area contributed by atoms with Gasteiger partial charge < -0.3 is 15.1 Å². The van der Waals surface area contributed by atoms with Crippen molar-refractivity contribution in [3.8, 4) is 0 Å². The first kappa shape index (κ1) is 14.2. The first-order valence-corrected chi connectivity index (χ1v) is 6.19. The molecule has 1 fully saturated rings. The van der Waals surface area contributed by atoms with Gasteiger partial charge in [-0.05, 0) is 19.1 Å². The van der Waals surface area contributed by atoms with Crippen molar-refractivity contribution in [2.24, 2.45) is 5.84 Å². The zero-order valence-electron chi connectivity index (χ0n) is 11.0. The Morgan fingerprint density at radius 2 is 2.35 bits per heavy atom. The van der Waals surface area contributed by atoms with Crippen molar-refractivity contribution in [2.75, 3.05) is 25.1 Å². The standard InChI is InChI=1S/C12H16N4O4/c1-8-7-15(4-5-20-8)12(17)9-2-3-10(14-13)11(6-9)16(18)19/h2-3,6,8,14H,4-5,7,13H2,1H3. The van der Waals surface area contributed by atoms with Gasteiger partial charge in [-0.3, -0.25) is 20.8 Å². The van der Waals surface area contributed by atoms with Crippen LogP contribution in [0.5, 0.6) is 0 Å². The second-order valence-electron chi connectivity index (χ2n) is 4.57. The van der Waals surface area contributed by atoms with E-state index in [1.165, 1.54) is 18.2 Å². The maximum Gasteiger partial charge on any atom is 0.294 e. The van der Waals surface area contributed by atoms with Crippen molar-refractivity contribution in [3.63, 3.8) is 0 Å². The SMILES string of the molecule is CC1CN(C(=O)c2ccc(NN)c([N+](=O)[O-])c2)CCO1. The number of nitro benzene ring substituents is 1. The molecule has 0 bridgehead atoms. The predicted octanol–water partition coefficient (Wildman–Crippen LogP) is 0.741. The lowest BCUT2D eigenvalue weighted by Gasteiger charge is -2.31. The number of nitro groups is 1. The van der Waals surface area contributed by atoms with E-state index >= 15 is 0 Å². The van der Waals surface area contributed by atoms with Crippen LogP contribution >= 0.6 is 0 Å². The Balaban J connectivity index is 2.26. The number of ether oxygens (including phenoxy) is 1. The second kappa shape index (κ2) is 5.85. The van der Waals surface area contributed by atoms with Gasteiger partial charge in [0, 0.05) is 24.7 Å². The van der Waals surface area contributed by atoms with Gasteiger partial charge in [0.2, 0.25) is 0 Å². The normalized spacial score (nSPS) is 18.7. The molecule has 0 radical (unpaired) electrons. The van der Waals surface area contributed by atoms with Crippen LogP contribution in [0.4, 0.5) is 11.4 Å². The molecule has 1 unspecified atom stereocenters. The lowest BCUT2D eigenvalue weighted by Crippen LogP contribution is -2.44. The Kier molecular flexibility index (Phi) is 4.16. The molecule has 0 aromatic heterocycles. The maximum atomic E-state index is 12.3. The minimum absolute atomic E-state index is 0.0346. The fourth-order valence-corrected chi connectivity index (χ4v) is 2.12. The summed E-state index contributed by atoms with van der Waals surface area (Å²) in [6, 6.07) is 4.18. The summed E-state index contributed by atoms with van der Waals surface area (Å²) in [7, 11) is 0. The molecular weight excluding hydrogens is 264 g/mol. The molecule has 1 aromatic carbocycles. The van der Waals surface area contributed by atoms with Gasteiger partial charge in [-0.1, -0.05) is 0 Å². The first-order valence-electron chi connectivity index (χ1n) is 6.19. The van der Waals surface area contributed by atoms with Crippen molar-refractivity contribution < 1.29 is 14.5 Å². The Morgan fingerprint density at radius 1 is 1.60 bits per heavy atom. The minimum Gasteiger partial charge on any atom is -0.375 e. The molecule has 1 amide bonds. The molecule has 8 heteroatoms. The quantitative estimate of drug-likeness (QED) is 0.480. The molecule has 1 heterocycles. The Hall–Kier alpha value is -2.19. The largest absolute Gasteiger partial charge is 0.375 e. The van der Waals surface area contributed by atoms with Crippen LogP contribution in [0.2, 0.25) is 0 Å². The molecule has 3 N–H and O–H groups in total. The number of nitrogens with zero attached hydrogens (tertiary/aromatic N) is 2. The van der Waals surface area contributed by atoms with E-state index in [0.29, 0.717) is 19.7 Å². The van der Waals surface area contributed by atoms with Crippen LogP contribution < -0.4 is 11.3 Å². The van der Waals surface area contributed by atoms with Gasteiger partial charge in [-0.2, -0.15) is 0 Å². The lowest BCUT2D eigenvalue weighted by atomic mass is 10.1. The number of rotatable bonds is 3. The van der Waals surface area contributed by atoms with E-state index < -0.39 is 4.92 Å². The summed E-state index contributed by atoms with van der Waals surface area (Å²) in [4.78, 5) is 24.3. The lowest BCUT2D eigenvalue weighted by molar-refractivity contribution is -0.384. The third-order valence-electron chi connectivity index (χ3n) is 3.13. The van der Waals surface area contributed by atoms with Crippen molar-refractivity contribution in [2.45, 2.75) is 13.0 Å². The number of carbonyl (C=O) groups is 1. The smallest absolute Gasteiger partial charge is 0.294 e. The van der Waals surface area contributed by atoms with E-state index in [1.54, 1.807) is 4.90 Å². The molecule has 8 nitrogen and oxygen atoms in total. The second-order valence-corrected chi connectivity index (χ2v) is 4.57. The zero-order chi connectivity index (χ0) is 14.7. The van der Waals surface area contributed by atoms with Gasteiger partial charge in [0.15, 0.2) is 0 Å². The van der Waals surface area contributed by atoms with Crippen molar-refractivity contribution in [1.29, 1.82) is 0 Å². The van der Waals surface area contributed by atoms with E-state index in [9.17, 15) is 14.9 Å². The summed E-state index contributed by atoms with van der Waals surface area (Å²) in [6.45, 7) is 3.30. The Morgan fingerprint density at radius 3 is 2.95 bits per heavy atom. The van der Waals surface area contributed by atoms with Crippen LogP contribution in [0.1, 0.15) is 17.3 Å². The molecular formula is C12H16N4O4. The summed E-state index contributed by atoms with van der Waals surface area (Å²) in [5.41, 5.74) is 2.46. The Bertz CT molecular complexity index is 534. The van der Waals surface area contributed by atoms with Gasteiger partial charge in [0.05, 0.1) is 17.6 Å². The fraction of sp³-hybridized carbons (Fsp3) is 0.417. The van der Waals surface area contributed by atoms with E-state index in [1.807, 2.05) is 6.92 Å². The number of carbonyl (C=O) groups excluding carboxylic acids is 1. The van der Waals surface area contributed by atoms with E-state index in [2.05, 4.69) is 5.43 Å². The Labute approximate surface area is 115 Å². The number of nitrogens with one attached hydrogen (secondary N) is 1. The number of nitrogens with two attached hydrogens (primary N) is 1. The number of anilines is 1. The molecule has 1 aliphatic heterocycles. The monoisotopic (exact) mass is 280 g/mol. The molecule has 2 rings (SSSR count). The number of benzene rings is 1. The number of morpholine rings is 1. The van der Waals surface area contributed by atoms with Crippen LogP contribution in [0, 0.1) is 10.1 Å². The van der Waals surface area contributed by atoms with Gasteiger partial charge in [0.25, 0.3) is 11.6 Å². The summed E-state index contributed by atoms with van der Waals surface area (Å²) in [5, 5.41) is 10.9. The third-order valence-corrected chi connectivity index (χ3v) is 3.13. The highest BCUT2D eigenvalue weighted by atomic mass is 16.6. The number of amides is 1. The number of nitrogen functional groups attached to an aromatic ring is 1. The van der Waals surface area contributed by atoms with Crippen LogP contribution in [-0.4, -0.2) is 41.5 Å². The zero-order valence-corrected chi connectivity index (χ0v) is 11.0. The van der Waals surface area contributed by atoms with Crippen molar-refractivity contribution >= 4 is 17.3 Å². The molecule has 0 spiro atoms. The molecule has 20 heavy (non-hydrogen) atoms. The molecule has 1 saturated heterocycles. The highest BCUT2D eigenvalue weighted by Crippen LogP contribution is 2.25. The average Bonchev–Trinajstić information content (AvgIpc) is 2.45. The summed E-state index contributed by atoms with van der Waals surface area (Å²) in [6.07, 6.45) is -0.0346. The predicted molar refractivity (Wildman–Crippen MR) is 72.2 cm³/mol. The fourth-order valence-electron chi connectivity index (χ4n) is 2.12. The van der Waals surface area contributed by atoms with E-state index in [0.717, 1.165) is 0 Å². The minimum atomic E-state index is -0.575. The topological polar surface area (TPSA) is 111 Å². The van der Waals surface area contributed by atoms with Crippen LogP contribution in [0.3, 0.4) is 0 Å². The van der Waals surface area contributed by atoms with Crippen molar-refractivity contribution in [3.05, 3.63) is 33.9 Å². The number of hydrogen-bond donors (Lipinski definition) is 2. The van der Waals surface area contributed by atoms with Gasteiger partial charge in [-0.25, -0.2) is 0 Å². The molecule has 1 atom stereocenters. The summed E-state index contributed by atoms with van der Waals surface area (Å²) >= 11 is 0. The molecule has 0 aliphatic carbocycles. The molecule has 108 valence electrons. The summed E-state index contributed by atoms with van der Waals surface area (Å²) < 4.78 is 5.36. The number of hydrogen-bond acceptors (Lipinski definition) is 6. The highest BCUT2D eigenvalue weighted by Gasteiger charge is 2.24. The highest BCUT2D eigenvalue weighted by molar-refractivity contribution is 5.95. The van der Waals surface area contributed by atoms with Gasteiger partial charge in [0.1, 0.15) is 5.69 Å². The summed E-state index contributed by atoms with van der Waals surface area (Å²) in [5.74, 6) is 4.97. The average molecular weight is 280 g/mol. The van der Waals surface area contributed by atoms with E-state index in [4.69, 9.17) is 10.6 Å². The molecule has 1 aliphatic rings. The van der Waals surface area contributed by atoms with Crippen LogP contribution in [0.25, 0.3) is 0 Å². The third kappa shape index (κ3) is 2.86. The molecule has 0 saturated carbocycles. The van der Waals surface area contributed by atoms with Gasteiger partial charge in [-0.15, -0.1) is 0 Å². The maximum absolute atomic E-state index is 12.3. The number of hydrazine groups is 1. The van der Waals surface area contributed by atoms with Crippen molar-refractivity contribution in [1.82, 2.24) is 4.90 Å². The van der Waals surface area contributed by atoms with E-state index in [-0.39, 0.29) is 28.9 Å². The van der Waals surface area contributed by atoms with Gasteiger partial charge >= 0.3 is 0 Å². The van der Waals surface area contributed by atoms with Crippen LogP contribution in [0.15, 0.2) is 18.2 Å². The van der Waals surface area contributed by atoms with Crippen LogP contribution in [-0.2, 0) is 4.74 Å². The molecule has 1 aromatic rings.